The zero-order valence-corrected chi connectivity index (χ0v) is 13.3. The minimum Gasteiger partial charge on any atom is -0.351 e. The van der Waals surface area contributed by atoms with Crippen molar-refractivity contribution in [3.05, 3.63) is 35.1 Å². The number of carbonyl (C=O) groups excluding carboxylic acids is 1. The normalized spacial score (nSPS) is 12.5. The lowest BCUT2D eigenvalue weighted by Gasteiger charge is -2.20. The van der Waals surface area contributed by atoms with E-state index in [9.17, 15) is 9.18 Å². The van der Waals surface area contributed by atoms with Crippen molar-refractivity contribution < 1.29 is 9.18 Å². The molecule has 1 rings (SSSR count). The fourth-order valence-electron chi connectivity index (χ4n) is 2.13. The first kappa shape index (κ1) is 16.2. The molecule has 0 bridgehead atoms. The van der Waals surface area contributed by atoms with Gasteiger partial charge in [0.2, 0.25) is 0 Å². The van der Waals surface area contributed by atoms with Crippen LogP contribution in [0.4, 0.5) is 4.39 Å². The minimum absolute atomic E-state index is 0.224. The van der Waals surface area contributed by atoms with Crippen molar-refractivity contribution in [1.82, 2.24) is 5.32 Å². The standard InChI is InChI=1S/C15H21BrFNO/c1-4-11(5-2)14(16)9-18-15(19)12-6-10(3)7-13(17)8-12/h6-8,11,14H,4-5,9H2,1-3H3,(H,18,19). The minimum atomic E-state index is -0.375. The van der Waals surface area contributed by atoms with E-state index in [2.05, 4.69) is 35.1 Å². The van der Waals surface area contributed by atoms with E-state index >= 15 is 0 Å². The largest absolute Gasteiger partial charge is 0.351 e. The Morgan fingerprint density at radius 1 is 1.32 bits per heavy atom. The molecule has 0 aliphatic heterocycles. The zero-order chi connectivity index (χ0) is 14.4. The number of alkyl halides is 1. The molecule has 0 heterocycles. The van der Waals surface area contributed by atoms with Crippen molar-refractivity contribution in [2.75, 3.05) is 6.54 Å². The predicted molar refractivity (Wildman–Crippen MR) is 80.3 cm³/mol. The second-order valence-electron chi connectivity index (χ2n) is 4.82. The van der Waals surface area contributed by atoms with Crippen LogP contribution in [0.25, 0.3) is 0 Å². The highest BCUT2D eigenvalue weighted by Gasteiger charge is 2.16. The number of halogens is 2. The maximum absolute atomic E-state index is 13.2. The number of hydrogen-bond acceptors (Lipinski definition) is 1. The molecule has 1 aromatic carbocycles. The molecular weight excluding hydrogens is 309 g/mol. The van der Waals surface area contributed by atoms with Crippen LogP contribution >= 0.6 is 15.9 Å². The van der Waals surface area contributed by atoms with Gasteiger partial charge in [0.25, 0.3) is 5.91 Å². The summed E-state index contributed by atoms with van der Waals surface area (Å²) in [6.45, 7) is 6.61. The quantitative estimate of drug-likeness (QED) is 0.783. The van der Waals surface area contributed by atoms with E-state index in [1.807, 2.05) is 0 Å². The zero-order valence-electron chi connectivity index (χ0n) is 11.7. The summed E-state index contributed by atoms with van der Waals surface area (Å²) in [6, 6.07) is 4.37. The number of nitrogens with one attached hydrogen (secondary N) is 1. The molecular formula is C15H21BrFNO. The van der Waals surface area contributed by atoms with Crippen LogP contribution in [0.2, 0.25) is 0 Å². The van der Waals surface area contributed by atoms with Crippen molar-refractivity contribution in [3.8, 4) is 0 Å². The van der Waals surface area contributed by atoms with Gasteiger partial charge in [-0.25, -0.2) is 4.39 Å². The number of carbonyl (C=O) groups is 1. The summed E-state index contributed by atoms with van der Waals surface area (Å²) in [6.07, 6.45) is 2.14. The van der Waals surface area contributed by atoms with Crippen molar-refractivity contribution in [1.29, 1.82) is 0 Å². The first-order chi connectivity index (χ1) is 8.97. The van der Waals surface area contributed by atoms with Crippen LogP contribution in [0.3, 0.4) is 0 Å². The van der Waals surface area contributed by atoms with E-state index in [1.54, 1.807) is 13.0 Å². The molecule has 1 unspecified atom stereocenters. The molecule has 19 heavy (non-hydrogen) atoms. The van der Waals surface area contributed by atoms with E-state index < -0.39 is 0 Å². The van der Waals surface area contributed by atoms with Gasteiger partial charge in [0.05, 0.1) is 0 Å². The summed E-state index contributed by atoms with van der Waals surface area (Å²) in [4.78, 5) is 12.2. The van der Waals surface area contributed by atoms with Crippen LogP contribution in [0.15, 0.2) is 18.2 Å². The Morgan fingerprint density at radius 3 is 2.47 bits per heavy atom. The fraction of sp³-hybridized carbons (Fsp3) is 0.533. The third-order valence-electron chi connectivity index (χ3n) is 3.32. The SMILES string of the molecule is CCC(CC)C(Br)CNC(=O)c1cc(C)cc(F)c1. The van der Waals surface area contributed by atoms with Crippen molar-refractivity contribution >= 4 is 21.8 Å². The molecule has 1 N–H and O–H groups in total. The molecule has 1 aromatic rings. The number of benzene rings is 1. The fourth-order valence-corrected chi connectivity index (χ4v) is 3.04. The molecule has 1 atom stereocenters. The highest BCUT2D eigenvalue weighted by molar-refractivity contribution is 9.09. The van der Waals surface area contributed by atoms with Gasteiger partial charge in [-0.15, -0.1) is 0 Å². The van der Waals surface area contributed by atoms with Gasteiger partial charge in [-0.2, -0.15) is 0 Å². The number of hydrogen-bond donors (Lipinski definition) is 1. The lowest BCUT2D eigenvalue weighted by Crippen LogP contribution is -2.33. The molecule has 0 radical (unpaired) electrons. The second-order valence-corrected chi connectivity index (χ2v) is 6.00. The van der Waals surface area contributed by atoms with Gasteiger partial charge in [-0.3, -0.25) is 4.79 Å². The van der Waals surface area contributed by atoms with Gasteiger partial charge in [-0.05, 0) is 36.6 Å². The second kappa shape index (κ2) is 7.63. The summed E-state index contributed by atoms with van der Waals surface area (Å²) >= 11 is 3.61. The summed E-state index contributed by atoms with van der Waals surface area (Å²) in [5.74, 6) is -0.0620. The molecule has 106 valence electrons. The molecule has 4 heteroatoms. The Bertz CT molecular complexity index is 412. The van der Waals surface area contributed by atoms with E-state index in [4.69, 9.17) is 0 Å². The number of amides is 1. The van der Waals surface area contributed by atoms with Crippen LogP contribution in [-0.2, 0) is 0 Å². The lowest BCUT2D eigenvalue weighted by atomic mass is 9.99. The van der Waals surface area contributed by atoms with E-state index in [0.717, 1.165) is 18.4 Å². The molecule has 0 saturated carbocycles. The van der Waals surface area contributed by atoms with Crippen LogP contribution in [0.5, 0.6) is 0 Å². The number of aryl methyl sites for hydroxylation is 1. The summed E-state index contributed by atoms with van der Waals surface area (Å²) in [5.41, 5.74) is 1.13. The van der Waals surface area contributed by atoms with Crippen LogP contribution < -0.4 is 5.32 Å². The lowest BCUT2D eigenvalue weighted by molar-refractivity contribution is 0.0951. The molecule has 0 saturated heterocycles. The summed E-state index contributed by atoms with van der Waals surface area (Å²) < 4.78 is 13.2. The molecule has 0 spiro atoms. The average Bonchev–Trinajstić information content (AvgIpc) is 2.36. The molecule has 1 amide bonds. The molecule has 0 aliphatic rings. The summed E-state index contributed by atoms with van der Waals surface area (Å²) in [5, 5.41) is 2.85. The van der Waals surface area contributed by atoms with Gasteiger partial charge in [0, 0.05) is 16.9 Å². The van der Waals surface area contributed by atoms with Gasteiger partial charge >= 0.3 is 0 Å². The topological polar surface area (TPSA) is 29.1 Å². The maximum Gasteiger partial charge on any atom is 0.251 e. The van der Waals surface area contributed by atoms with Crippen molar-refractivity contribution in [2.45, 2.75) is 38.4 Å². The third kappa shape index (κ3) is 4.94. The van der Waals surface area contributed by atoms with Crippen LogP contribution in [-0.4, -0.2) is 17.3 Å². The Hall–Kier alpha value is -0.900. The first-order valence-electron chi connectivity index (χ1n) is 6.67. The van der Waals surface area contributed by atoms with Crippen molar-refractivity contribution in [2.24, 2.45) is 5.92 Å². The Morgan fingerprint density at radius 2 is 1.95 bits per heavy atom. The molecule has 0 aliphatic carbocycles. The smallest absolute Gasteiger partial charge is 0.251 e. The number of rotatable bonds is 6. The molecule has 0 fully saturated rings. The average molecular weight is 330 g/mol. The van der Waals surface area contributed by atoms with Gasteiger partial charge in [0.1, 0.15) is 5.82 Å². The highest BCUT2D eigenvalue weighted by atomic mass is 79.9. The van der Waals surface area contributed by atoms with E-state index in [1.165, 1.54) is 12.1 Å². The molecule has 2 nitrogen and oxygen atoms in total. The maximum atomic E-state index is 13.2. The van der Waals surface area contributed by atoms with Crippen LogP contribution in [0, 0.1) is 18.7 Å². The Balaban J connectivity index is 2.60. The molecule has 0 aromatic heterocycles. The third-order valence-corrected chi connectivity index (χ3v) is 4.39. The Labute approximate surface area is 122 Å². The first-order valence-corrected chi connectivity index (χ1v) is 7.58. The van der Waals surface area contributed by atoms with E-state index in [0.29, 0.717) is 18.0 Å². The van der Waals surface area contributed by atoms with Gasteiger partial charge in [0.15, 0.2) is 0 Å². The van der Waals surface area contributed by atoms with Crippen molar-refractivity contribution in [3.63, 3.8) is 0 Å². The van der Waals surface area contributed by atoms with E-state index in [-0.39, 0.29) is 16.6 Å². The highest BCUT2D eigenvalue weighted by Crippen LogP contribution is 2.19. The van der Waals surface area contributed by atoms with Gasteiger partial charge < -0.3 is 5.32 Å². The Kier molecular flexibility index (Phi) is 6.49. The summed E-state index contributed by atoms with van der Waals surface area (Å²) in [7, 11) is 0. The van der Waals surface area contributed by atoms with Crippen LogP contribution in [0.1, 0.15) is 42.6 Å². The van der Waals surface area contributed by atoms with Gasteiger partial charge in [-0.1, -0.05) is 42.6 Å². The monoisotopic (exact) mass is 329 g/mol. The predicted octanol–water partition coefficient (Wildman–Crippen LogP) is 4.06.